The topological polar surface area (TPSA) is 93.0 Å². The van der Waals surface area contributed by atoms with Crippen LogP contribution in [0.2, 0.25) is 0 Å². The molecule has 154 valence electrons. The van der Waals surface area contributed by atoms with Gasteiger partial charge in [0.15, 0.2) is 5.82 Å². The Kier molecular flexibility index (Phi) is 5.26. The van der Waals surface area contributed by atoms with E-state index in [0.717, 1.165) is 23.4 Å². The van der Waals surface area contributed by atoms with Crippen molar-refractivity contribution < 1.29 is 14.0 Å². The van der Waals surface area contributed by atoms with Crippen LogP contribution in [0.5, 0.6) is 0 Å². The summed E-state index contributed by atoms with van der Waals surface area (Å²) in [6.07, 6.45) is 1.98. The molecule has 3 amide bonds. The minimum Gasteiger partial charge on any atom is -0.319 e. The highest BCUT2D eigenvalue weighted by Crippen LogP contribution is 2.35. The van der Waals surface area contributed by atoms with E-state index in [9.17, 15) is 14.0 Å². The molecule has 2 aromatic carbocycles. The minimum atomic E-state index is -1.23. The molecule has 1 unspecified atom stereocenters. The summed E-state index contributed by atoms with van der Waals surface area (Å²) in [7, 11) is 0. The van der Waals surface area contributed by atoms with E-state index in [-0.39, 0.29) is 6.54 Å². The molecule has 0 aliphatic carbocycles. The van der Waals surface area contributed by atoms with Crippen LogP contribution >= 0.6 is 0 Å². The molecule has 0 radical (unpaired) electrons. The molecule has 1 aliphatic rings. The third-order valence-corrected chi connectivity index (χ3v) is 5.25. The molecule has 0 bridgehead atoms. The fourth-order valence-corrected chi connectivity index (χ4v) is 3.67. The van der Waals surface area contributed by atoms with Gasteiger partial charge in [-0.2, -0.15) is 4.68 Å². The number of imide groups is 1. The van der Waals surface area contributed by atoms with Gasteiger partial charge in [-0.1, -0.05) is 50.1 Å². The average molecular weight is 408 g/mol. The molecule has 1 aliphatic heterocycles. The van der Waals surface area contributed by atoms with E-state index in [2.05, 4.69) is 20.8 Å². The van der Waals surface area contributed by atoms with E-state index < -0.39 is 23.3 Å². The first kappa shape index (κ1) is 19.7. The summed E-state index contributed by atoms with van der Waals surface area (Å²) in [5.41, 5.74) is 0.0485. The normalized spacial score (nSPS) is 18.7. The molecule has 30 heavy (non-hydrogen) atoms. The molecule has 2 heterocycles. The molecular formula is C21H21FN6O2. The number of carbonyl (C=O) groups excluding carboxylic acids is 2. The van der Waals surface area contributed by atoms with Gasteiger partial charge in [0, 0.05) is 0 Å². The van der Waals surface area contributed by atoms with Crippen molar-refractivity contribution in [1.29, 1.82) is 0 Å². The van der Waals surface area contributed by atoms with E-state index in [0.29, 0.717) is 17.8 Å². The molecule has 1 saturated heterocycles. The number of amides is 3. The number of carbonyl (C=O) groups is 2. The second-order valence-corrected chi connectivity index (χ2v) is 7.18. The Morgan fingerprint density at radius 3 is 2.50 bits per heavy atom. The van der Waals surface area contributed by atoms with Crippen molar-refractivity contribution in [2.24, 2.45) is 0 Å². The second kappa shape index (κ2) is 8.02. The first-order valence-electron chi connectivity index (χ1n) is 9.78. The maximum Gasteiger partial charge on any atom is 0.325 e. The van der Waals surface area contributed by atoms with Gasteiger partial charge in [0.05, 0.1) is 12.2 Å². The number of nitrogens with one attached hydrogen (secondary N) is 1. The summed E-state index contributed by atoms with van der Waals surface area (Å²) in [5, 5.41) is 14.5. The van der Waals surface area contributed by atoms with Gasteiger partial charge in [0.1, 0.15) is 11.4 Å². The minimum absolute atomic E-state index is 0.0817. The monoisotopic (exact) mass is 408 g/mol. The molecule has 8 nitrogen and oxygen atoms in total. The molecule has 4 rings (SSSR count). The Labute approximate surface area is 172 Å². The number of tetrazole rings is 1. The SMILES string of the molecule is CCCCC1(c2ccc(F)cc2)NC(=O)N(Cc2nnnn2-c2ccccc2)C1=O. The number of rotatable bonds is 7. The highest BCUT2D eigenvalue weighted by molar-refractivity contribution is 6.07. The lowest BCUT2D eigenvalue weighted by molar-refractivity contribution is -0.132. The first-order chi connectivity index (χ1) is 14.5. The van der Waals surface area contributed by atoms with Crippen molar-refractivity contribution >= 4 is 11.9 Å². The molecule has 3 aromatic rings. The van der Waals surface area contributed by atoms with E-state index in [1.54, 1.807) is 12.1 Å². The van der Waals surface area contributed by atoms with E-state index in [1.807, 2.05) is 37.3 Å². The number of nitrogens with zero attached hydrogens (tertiary/aromatic N) is 5. The Balaban J connectivity index is 1.66. The molecule has 1 atom stereocenters. The molecule has 0 spiro atoms. The zero-order chi connectivity index (χ0) is 21.1. The number of hydrogen-bond acceptors (Lipinski definition) is 5. The van der Waals surface area contributed by atoms with Crippen LogP contribution in [0.4, 0.5) is 9.18 Å². The van der Waals surface area contributed by atoms with Crippen LogP contribution in [0.25, 0.3) is 5.69 Å². The maximum absolute atomic E-state index is 13.5. The van der Waals surface area contributed by atoms with Crippen molar-refractivity contribution in [1.82, 2.24) is 30.4 Å². The quantitative estimate of drug-likeness (QED) is 0.607. The summed E-state index contributed by atoms with van der Waals surface area (Å²) >= 11 is 0. The third kappa shape index (κ3) is 3.42. The van der Waals surface area contributed by atoms with Crippen LogP contribution in [-0.4, -0.2) is 37.0 Å². The number of hydrogen-bond donors (Lipinski definition) is 1. The average Bonchev–Trinajstić information content (AvgIpc) is 3.32. The van der Waals surface area contributed by atoms with Crippen molar-refractivity contribution in [3.05, 3.63) is 71.8 Å². The Morgan fingerprint density at radius 1 is 1.07 bits per heavy atom. The first-order valence-corrected chi connectivity index (χ1v) is 9.78. The number of para-hydroxylation sites is 1. The Bertz CT molecular complexity index is 1050. The zero-order valence-corrected chi connectivity index (χ0v) is 16.5. The fraction of sp³-hybridized carbons (Fsp3) is 0.286. The summed E-state index contributed by atoms with van der Waals surface area (Å²) < 4.78 is 14.9. The van der Waals surface area contributed by atoms with Crippen LogP contribution in [0, 0.1) is 5.82 Å². The van der Waals surface area contributed by atoms with Crippen molar-refractivity contribution in [3.63, 3.8) is 0 Å². The van der Waals surface area contributed by atoms with Crippen molar-refractivity contribution in [3.8, 4) is 5.69 Å². The van der Waals surface area contributed by atoms with Crippen LogP contribution in [-0.2, 0) is 16.9 Å². The van der Waals surface area contributed by atoms with E-state index in [4.69, 9.17) is 0 Å². The van der Waals surface area contributed by atoms with Gasteiger partial charge >= 0.3 is 6.03 Å². The van der Waals surface area contributed by atoms with Gasteiger partial charge in [0.25, 0.3) is 5.91 Å². The van der Waals surface area contributed by atoms with Crippen LogP contribution < -0.4 is 5.32 Å². The number of unbranched alkanes of at least 4 members (excludes halogenated alkanes) is 1. The second-order valence-electron chi connectivity index (χ2n) is 7.18. The molecular weight excluding hydrogens is 387 g/mol. The lowest BCUT2D eigenvalue weighted by Gasteiger charge is -2.27. The van der Waals surface area contributed by atoms with Crippen molar-refractivity contribution in [2.45, 2.75) is 38.3 Å². The van der Waals surface area contributed by atoms with Gasteiger partial charge in [0.2, 0.25) is 0 Å². The van der Waals surface area contributed by atoms with Crippen LogP contribution in [0.1, 0.15) is 37.6 Å². The van der Waals surface area contributed by atoms with Gasteiger partial charge in [-0.25, -0.2) is 9.18 Å². The highest BCUT2D eigenvalue weighted by Gasteiger charge is 2.52. The predicted molar refractivity (Wildman–Crippen MR) is 106 cm³/mol. The summed E-state index contributed by atoms with van der Waals surface area (Å²) in [6.45, 7) is 1.92. The molecule has 1 N–H and O–H groups in total. The van der Waals surface area contributed by atoms with Crippen LogP contribution in [0.3, 0.4) is 0 Å². The number of benzene rings is 2. The lowest BCUT2D eigenvalue weighted by Crippen LogP contribution is -2.44. The maximum atomic E-state index is 13.5. The highest BCUT2D eigenvalue weighted by atomic mass is 19.1. The summed E-state index contributed by atoms with van der Waals surface area (Å²) in [4.78, 5) is 27.4. The van der Waals surface area contributed by atoms with Crippen molar-refractivity contribution in [2.75, 3.05) is 0 Å². The molecule has 0 saturated carbocycles. The lowest BCUT2D eigenvalue weighted by atomic mass is 9.85. The third-order valence-electron chi connectivity index (χ3n) is 5.25. The largest absolute Gasteiger partial charge is 0.325 e. The summed E-state index contributed by atoms with van der Waals surface area (Å²) in [5.74, 6) is -0.440. The van der Waals surface area contributed by atoms with Crippen LogP contribution in [0.15, 0.2) is 54.6 Å². The zero-order valence-electron chi connectivity index (χ0n) is 16.5. The number of halogens is 1. The number of urea groups is 1. The van der Waals surface area contributed by atoms with Gasteiger partial charge in [-0.15, -0.1) is 5.10 Å². The molecule has 1 aromatic heterocycles. The van der Waals surface area contributed by atoms with Gasteiger partial charge < -0.3 is 5.32 Å². The Hall–Kier alpha value is -3.62. The Morgan fingerprint density at radius 2 is 1.80 bits per heavy atom. The van der Waals surface area contributed by atoms with Gasteiger partial charge in [-0.3, -0.25) is 9.69 Å². The van der Waals surface area contributed by atoms with E-state index in [1.165, 1.54) is 16.8 Å². The smallest absolute Gasteiger partial charge is 0.319 e. The molecule has 1 fully saturated rings. The van der Waals surface area contributed by atoms with E-state index >= 15 is 0 Å². The predicted octanol–water partition coefficient (Wildman–Crippen LogP) is 2.94. The van der Waals surface area contributed by atoms with Gasteiger partial charge in [-0.05, 0) is 46.7 Å². The fourth-order valence-electron chi connectivity index (χ4n) is 3.67. The molecule has 9 heteroatoms. The standard InChI is InChI=1S/C21H21FN6O2/c1-2-3-13-21(15-9-11-16(22)12-10-15)19(29)27(20(30)23-21)14-18-24-25-26-28(18)17-7-5-4-6-8-17/h4-12H,2-3,13-14H2,1H3,(H,23,30). The summed E-state index contributed by atoms with van der Waals surface area (Å²) in [6, 6.07) is 14.4. The number of aromatic nitrogens is 4.